The van der Waals surface area contributed by atoms with Gasteiger partial charge in [0.25, 0.3) is 0 Å². The minimum absolute atomic E-state index is 0.533. The summed E-state index contributed by atoms with van der Waals surface area (Å²) in [5.74, 6) is 3.35. The molecule has 0 spiro atoms. The Morgan fingerprint density at radius 1 is 0.235 bits per heavy atom. The normalized spacial score (nSPS) is 12.1. The fraction of sp³-hybridized carbons (Fsp3) is 0. The van der Waals surface area contributed by atoms with E-state index in [-0.39, 0.29) is 0 Å². The summed E-state index contributed by atoms with van der Waals surface area (Å²) in [7, 11) is 0. The maximum atomic E-state index is 7.21. The first-order valence-electron chi connectivity index (χ1n) is 34.0. The van der Waals surface area contributed by atoms with E-state index in [0.29, 0.717) is 34.9 Å². The number of aromatic nitrogens is 8. The lowest BCUT2D eigenvalue weighted by atomic mass is 9.95. The number of nitrogens with zero attached hydrogens (tertiary/aromatic N) is 8. The van der Waals surface area contributed by atoms with Crippen LogP contribution in [0.2, 0.25) is 0 Å². The largest absolute Gasteiger partial charge is 0.456 e. The summed E-state index contributed by atoms with van der Waals surface area (Å²) in [6.45, 7) is 0. The summed E-state index contributed by atoms with van der Waals surface area (Å²) in [5.41, 5.74) is 17.1. The molecule has 8 heterocycles. The van der Waals surface area contributed by atoms with E-state index in [1.807, 2.05) is 91.0 Å². The van der Waals surface area contributed by atoms with Gasteiger partial charge in [0.2, 0.25) is 0 Å². The van der Waals surface area contributed by atoms with Crippen molar-refractivity contribution in [1.82, 2.24) is 39.0 Å². The molecule has 0 unspecified atom stereocenters. The van der Waals surface area contributed by atoms with Crippen molar-refractivity contribution >= 4 is 151 Å². The Morgan fingerprint density at radius 3 is 1.19 bits per heavy atom. The molecule has 10 nitrogen and oxygen atoms in total. The highest BCUT2D eigenvalue weighted by molar-refractivity contribution is 7.27. The van der Waals surface area contributed by atoms with Gasteiger partial charge in [-0.1, -0.05) is 231 Å². The smallest absolute Gasteiger partial charge is 0.164 e. The van der Waals surface area contributed by atoms with Gasteiger partial charge in [0, 0.05) is 107 Å². The van der Waals surface area contributed by atoms with Crippen LogP contribution >= 0.6 is 22.7 Å². The van der Waals surface area contributed by atoms with Crippen molar-refractivity contribution in [1.29, 1.82) is 0 Å². The van der Waals surface area contributed by atoms with Crippen LogP contribution < -0.4 is 0 Å². The monoisotopic (exact) mass is 1340 g/mol. The van der Waals surface area contributed by atoms with Crippen molar-refractivity contribution in [3.63, 3.8) is 0 Å². The number of benzene rings is 14. The second kappa shape index (κ2) is 22.1. The average molecular weight is 1340 g/mol. The lowest BCUT2D eigenvalue weighted by molar-refractivity contribution is 0.669. The Labute approximate surface area is 588 Å². The number of furan rings is 2. The molecule has 0 N–H and O–H groups in total. The number of rotatable bonds is 9. The van der Waals surface area contributed by atoms with Crippen molar-refractivity contribution in [3.8, 4) is 90.8 Å². The van der Waals surface area contributed by atoms with Crippen LogP contribution in [0.5, 0.6) is 0 Å². The first-order valence-corrected chi connectivity index (χ1v) is 35.6. The van der Waals surface area contributed by atoms with E-state index in [1.54, 1.807) is 22.7 Å². The molecule has 0 amide bonds. The van der Waals surface area contributed by atoms with Crippen molar-refractivity contribution in [2.24, 2.45) is 0 Å². The minimum atomic E-state index is 0.533. The number of para-hydroxylation sites is 4. The molecule has 0 aliphatic heterocycles. The SMILES string of the molecule is c1ccc(-c2nc(-c3cccc(-c4cc5oc6cccc(-c7nc(-c8ccccc8)nc(-c8ccccc8)n7)c6c5c5sc6c(-n7c8ccccc8c8ccccc87)cccc6c45)c3)nc(-c3cccc4oc5c(ccc6sc7c(-n8c9ccccc9c9ccccc98)cccc7c65)c34)n2)cc1. The lowest BCUT2D eigenvalue weighted by Gasteiger charge is -2.12. The van der Waals surface area contributed by atoms with Crippen LogP contribution in [-0.4, -0.2) is 39.0 Å². The summed E-state index contributed by atoms with van der Waals surface area (Å²) < 4.78 is 23.7. The summed E-state index contributed by atoms with van der Waals surface area (Å²) in [6.07, 6.45) is 0. The molecule has 0 radical (unpaired) electrons. The molecular weight excluding hydrogens is 1290 g/mol. The number of fused-ring (bicyclic) bond motifs is 20. The predicted octanol–water partition coefficient (Wildman–Crippen LogP) is 24.5. The van der Waals surface area contributed by atoms with E-state index in [2.05, 4.69) is 221 Å². The number of hydrogen-bond donors (Lipinski definition) is 0. The van der Waals surface area contributed by atoms with Crippen LogP contribution in [-0.2, 0) is 0 Å². The minimum Gasteiger partial charge on any atom is -0.456 e. The zero-order valence-corrected chi connectivity index (χ0v) is 55.7. The Bertz CT molecular complexity index is 7110. The summed E-state index contributed by atoms with van der Waals surface area (Å²) in [4.78, 5) is 32.0. The molecular formula is C90H50N8O2S2. The molecule has 0 aliphatic rings. The molecule has 22 rings (SSSR count). The van der Waals surface area contributed by atoms with Crippen LogP contribution in [0.15, 0.2) is 312 Å². The van der Waals surface area contributed by atoms with Crippen LogP contribution in [0.3, 0.4) is 0 Å². The van der Waals surface area contributed by atoms with Gasteiger partial charge >= 0.3 is 0 Å². The van der Waals surface area contributed by atoms with E-state index in [9.17, 15) is 0 Å². The third-order valence-corrected chi connectivity index (χ3v) is 22.7. The van der Waals surface area contributed by atoms with E-state index in [0.717, 1.165) is 146 Å². The van der Waals surface area contributed by atoms with E-state index >= 15 is 0 Å². The average Bonchev–Trinajstić information content (AvgIpc) is 1.56. The van der Waals surface area contributed by atoms with Gasteiger partial charge < -0.3 is 18.0 Å². The van der Waals surface area contributed by atoms with E-state index in [1.165, 1.54) is 37.3 Å². The van der Waals surface area contributed by atoms with Crippen LogP contribution in [0.25, 0.3) is 219 Å². The van der Waals surface area contributed by atoms with Crippen LogP contribution in [0, 0.1) is 0 Å². The van der Waals surface area contributed by atoms with Gasteiger partial charge in [-0.05, 0) is 83.9 Å². The lowest BCUT2D eigenvalue weighted by Crippen LogP contribution is -2.00. The molecule has 8 aromatic heterocycles. The first kappa shape index (κ1) is 56.7. The topological polar surface area (TPSA) is 113 Å². The Morgan fingerprint density at radius 2 is 0.647 bits per heavy atom. The Balaban J connectivity index is 0.750. The molecule has 0 atom stereocenters. The fourth-order valence-corrected chi connectivity index (χ4v) is 18.4. The van der Waals surface area contributed by atoms with Gasteiger partial charge in [-0.3, -0.25) is 0 Å². The van der Waals surface area contributed by atoms with Gasteiger partial charge in [0.1, 0.15) is 22.3 Å². The summed E-state index contributed by atoms with van der Waals surface area (Å²) >= 11 is 3.60. The standard InChI is InChI=1S/C90H50N8O2S2/c1-4-23-51(24-5-1)85-91-86(52-25-6-2-7-26-52)95-90(94-85)64-38-22-46-73-78(64)80-74(99-73)50-65(77-61-35-19-44-71(83(61)102-84(77)80)98-68-41-16-12-33-58(68)59-34-13-17-42-69(59)98)54-29-18-30-55(49-54)88-92-87(53-27-8-3-9-28-53)93-89(96-88)63-37-21-45-72-76(63)60-47-48-75-79(81(60)100-72)62-36-20-43-70(82(62)101-75)97-66-39-14-10-31-56(66)57-32-11-15-40-67(57)97/h1-50H. The summed E-state index contributed by atoms with van der Waals surface area (Å²) in [6, 6.07) is 106. The maximum Gasteiger partial charge on any atom is 0.164 e. The van der Waals surface area contributed by atoms with Crippen molar-refractivity contribution in [2.75, 3.05) is 0 Å². The predicted molar refractivity (Wildman–Crippen MR) is 420 cm³/mol. The van der Waals surface area contributed by atoms with E-state index < -0.39 is 0 Å². The van der Waals surface area contributed by atoms with Gasteiger partial charge in [0.05, 0.1) is 42.8 Å². The van der Waals surface area contributed by atoms with E-state index in [4.69, 9.17) is 38.7 Å². The first-order chi connectivity index (χ1) is 50.6. The van der Waals surface area contributed by atoms with Gasteiger partial charge in [0.15, 0.2) is 34.9 Å². The molecule has 14 aromatic carbocycles. The van der Waals surface area contributed by atoms with Crippen molar-refractivity contribution in [3.05, 3.63) is 303 Å². The zero-order valence-electron chi connectivity index (χ0n) is 54.1. The molecule has 474 valence electrons. The van der Waals surface area contributed by atoms with Crippen molar-refractivity contribution < 1.29 is 8.83 Å². The Kier molecular flexibility index (Phi) is 12.3. The second-order valence-corrected chi connectivity index (χ2v) is 28.0. The zero-order chi connectivity index (χ0) is 66.7. The van der Waals surface area contributed by atoms with Crippen molar-refractivity contribution in [2.45, 2.75) is 0 Å². The molecule has 0 fully saturated rings. The quantitative estimate of drug-likeness (QED) is 0.140. The molecule has 0 bridgehead atoms. The van der Waals surface area contributed by atoms with Gasteiger partial charge in [-0.15, -0.1) is 22.7 Å². The maximum absolute atomic E-state index is 7.21. The Hall–Kier alpha value is -13.3. The second-order valence-electron chi connectivity index (χ2n) is 25.9. The summed E-state index contributed by atoms with van der Waals surface area (Å²) in [5, 5.41) is 13.1. The number of hydrogen-bond acceptors (Lipinski definition) is 10. The highest BCUT2D eigenvalue weighted by atomic mass is 32.1. The molecule has 102 heavy (non-hydrogen) atoms. The van der Waals surface area contributed by atoms with Gasteiger partial charge in [-0.2, -0.15) is 0 Å². The highest BCUT2D eigenvalue weighted by Crippen LogP contribution is 2.52. The molecule has 0 saturated carbocycles. The molecule has 12 heteroatoms. The third-order valence-electron chi connectivity index (χ3n) is 20.2. The molecule has 0 aliphatic carbocycles. The molecule has 0 saturated heterocycles. The number of thiophene rings is 2. The fourth-order valence-electron chi connectivity index (χ4n) is 15.8. The highest BCUT2D eigenvalue weighted by Gasteiger charge is 2.28. The van der Waals surface area contributed by atoms with Crippen LogP contribution in [0.4, 0.5) is 0 Å². The van der Waals surface area contributed by atoms with Crippen LogP contribution in [0.1, 0.15) is 0 Å². The molecule has 22 aromatic rings. The van der Waals surface area contributed by atoms with Gasteiger partial charge in [-0.25, -0.2) is 29.9 Å². The third kappa shape index (κ3) is 8.51.